The molecule has 0 aliphatic carbocycles. The molecule has 10 heteroatoms. The molecule has 4 heterocycles. The smallest absolute Gasteiger partial charge is 0.282 e. The first-order chi connectivity index (χ1) is 14.4. The largest absolute Gasteiger partial charge is 0.372 e. The lowest BCUT2D eigenvalue weighted by atomic mass is 10.0. The summed E-state index contributed by atoms with van der Waals surface area (Å²) >= 11 is 0. The van der Waals surface area contributed by atoms with Crippen molar-refractivity contribution in [3.63, 3.8) is 0 Å². The molecule has 0 spiro atoms. The maximum absolute atomic E-state index is 13.2. The number of pyridine rings is 1. The fraction of sp³-hybridized carbons (Fsp3) is 0.500. The SMILES string of the molecule is Cn1cc(C(=O)N2C[C@@H]3C[C@@H](CC(=O)NCc4cccnc4)O[C@@H]3C2)c(C(F)F)n1. The van der Waals surface area contributed by atoms with Crippen molar-refractivity contribution >= 4 is 11.8 Å². The number of ether oxygens (including phenoxy) is 1. The average molecular weight is 419 g/mol. The van der Waals surface area contributed by atoms with E-state index in [9.17, 15) is 18.4 Å². The van der Waals surface area contributed by atoms with Crippen LogP contribution in [0.3, 0.4) is 0 Å². The molecule has 0 saturated carbocycles. The summed E-state index contributed by atoms with van der Waals surface area (Å²) in [4.78, 5) is 30.5. The topological polar surface area (TPSA) is 89.4 Å². The normalized spacial score (nSPS) is 23.1. The van der Waals surface area contributed by atoms with Crippen molar-refractivity contribution in [1.29, 1.82) is 0 Å². The van der Waals surface area contributed by atoms with Crippen LogP contribution in [0.5, 0.6) is 0 Å². The van der Waals surface area contributed by atoms with Gasteiger partial charge < -0.3 is 15.0 Å². The van der Waals surface area contributed by atoms with Crippen LogP contribution in [0.15, 0.2) is 30.7 Å². The van der Waals surface area contributed by atoms with E-state index in [1.165, 1.54) is 22.8 Å². The molecule has 4 rings (SSSR count). The third kappa shape index (κ3) is 4.33. The number of amides is 2. The van der Waals surface area contributed by atoms with E-state index in [2.05, 4.69) is 15.4 Å². The monoisotopic (exact) mass is 419 g/mol. The van der Waals surface area contributed by atoms with Crippen LogP contribution in [0.4, 0.5) is 8.78 Å². The Morgan fingerprint density at radius 3 is 2.90 bits per heavy atom. The fourth-order valence-corrected chi connectivity index (χ4v) is 4.14. The van der Waals surface area contributed by atoms with E-state index in [1.807, 2.05) is 12.1 Å². The molecule has 2 amide bonds. The number of nitrogens with zero attached hydrogens (tertiary/aromatic N) is 4. The predicted molar refractivity (Wildman–Crippen MR) is 102 cm³/mol. The van der Waals surface area contributed by atoms with Gasteiger partial charge in [0.2, 0.25) is 5.91 Å². The molecule has 2 fully saturated rings. The molecule has 0 aromatic carbocycles. The number of alkyl halides is 2. The zero-order valence-corrected chi connectivity index (χ0v) is 16.5. The molecular formula is C20H23F2N5O3. The molecule has 160 valence electrons. The third-order valence-electron chi connectivity index (χ3n) is 5.52. The molecule has 2 aliphatic heterocycles. The number of aryl methyl sites for hydroxylation is 1. The Labute approximate surface area is 172 Å². The highest BCUT2D eigenvalue weighted by Gasteiger charge is 2.44. The van der Waals surface area contributed by atoms with E-state index in [0.717, 1.165) is 5.56 Å². The second-order valence-electron chi connectivity index (χ2n) is 7.75. The number of fused-ring (bicyclic) bond motifs is 1. The first-order valence-corrected chi connectivity index (χ1v) is 9.82. The fourth-order valence-electron chi connectivity index (χ4n) is 4.14. The number of hydrogen-bond acceptors (Lipinski definition) is 5. The molecule has 0 bridgehead atoms. The second kappa shape index (κ2) is 8.47. The van der Waals surface area contributed by atoms with Crippen molar-refractivity contribution in [3.05, 3.63) is 47.5 Å². The van der Waals surface area contributed by atoms with Crippen molar-refractivity contribution in [2.24, 2.45) is 13.0 Å². The highest BCUT2D eigenvalue weighted by atomic mass is 19.3. The number of carbonyl (C=O) groups is 2. The number of carbonyl (C=O) groups excluding carboxylic acids is 2. The van der Waals surface area contributed by atoms with Crippen LogP contribution >= 0.6 is 0 Å². The zero-order chi connectivity index (χ0) is 21.3. The Bertz CT molecular complexity index is 906. The summed E-state index contributed by atoms with van der Waals surface area (Å²) in [5, 5.41) is 6.55. The van der Waals surface area contributed by atoms with Gasteiger partial charge in [0.15, 0.2) is 0 Å². The molecule has 2 aromatic rings. The van der Waals surface area contributed by atoms with Crippen molar-refractivity contribution < 1.29 is 23.1 Å². The van der Waals surface area contributed by atoms with Gasteiger partial charge in [0, 0.05) is 51.2 Å². The summed E-state index contributed by atoms with van der Waals surface area (Å²) in [6, 6.07) is 3.70. The van der Waals surface area contributed by atoms with Crippen LogP contribution in [-0.2, 0) is 23.1 Å². The summed E-state index contributed by atoms with van der Waals surface area (Å²) in [7, 11) is 1.51. The van der Waals surface area contributed by atoms with Crippen LogP contribution in [0.1, 0.15) is 40.9 Å². The number of likely N-dealkylation sites (tertiary alicyclic amines) is 1. The highest BCUT2D eigenvalue weighted by Crippen LogP contribution is 2.35. The Hall–Kier alpha value is -2.88. The Morgan fingerprint density at radius 2 is 2.20 bits per heavy atom. The van der Waals surface area contributed by atoms with Gasteiger partial charge in [-0.15, -0.1) is 0 Å². The van der Waals surface area contributed by atoms with Gasteiger partial charge in [-0.25, -0.2) is 8.78 Å². The first-order valence-electron chi connectivity index (χ1n) is 9.82. The third-order valence-corrected chi connectivity index (χ3v) is 5.52. The van der Waals surface area contributed by atoms with Gasteiger partial charge in [-0.05, 0) is 18.1 Å². The van der Waals surface area contributed by atoms with Crippen LogP contribution < -0.4 is 5.32 Å². The minimum absolute atomic E-state index is 0.0706. The van der Waals surface area contributed by atoms with E-state index in [0.29, 0.717) is 26.1 Å². The maximum Gasteiger partial charge on any atom is 0.282 e. The van der Waals surface area contributed by atoms with E-state index in [4.69, 9.17) is 4.74 Å². The summed E-state index contributed by atoms with van der Waals surface area (Å²) in [6.45, 7) is 1.16. The zero-order valence-electron chi connectivity index (χ0n) is 16.5. The van der Waals surface area contributed by atoms with Gasteiger partial charge in [0.25, 0.3) is 12.3 Å². The maximum atomic E-state index is 13.2. The highest BCUT2D eigenvalue weighted by molar-refractivity contribution is 5.95. The van der Waals surface area contributed by atoms with Crippen LogP contribution in [-0.4, -0.2) is 56.8 Å². The predicted octanol–water partition coefficient (Wildman–Crippen LogP) is 1.69. The lowest BCUT2D eigenvalue weighted by Gasteiger charge is -2.19. The van der Waals surface area contributed by atoms with Crippen molar-refractivity contribution in [2.75, 3.05) is 13.1 Å². The van der Waals surface area contributed by atoms with Crippen molar-refractivity contribution in [2.45, 2.75) is 38.0 Å². The molecule has 2 aromatic heterocycles. The second-order valence-corrected chi connectivity index (χ2v) is 7.75. The van der Waals surface area contributed by atoms with Crippen LogP contribution in [0, 0.1) is 5.92 Å². The Balaban J connectivity index is 1.28. The van der Waals surface area contributed by atoms with E-state index < -0.39 is 18.0 Å². The van der Waals surface area contributed by atoms with Gasteiger partial charge in [-0.1, -0.05) is 6.07 Å². The number of rotatable bonds is 6. The molecular weight excluding hydrogens is 396 g/mol. The van der Waals surface area contributed by atoms with Crippen LogP contribution in [0.25, 0.3) is 0 Å². The molecule has 2 saturated heterocycles. The Kier molecular flexibility index (Phi) is 5.76. The van der Waals surface area contributed by atoms with Gasteiger partial charge in [0.1, 0.15) is 5.69 Å². The van der Waals surface area contributed by atoms with E-state index in [-0.39, 0.29) is 36.0 Å². The summed E-state index contributed by atoms with van der Waals surface area (Å²) in [5.74, 6) is -0.465. The number of halogens is 2. The summed E-state index contributed by atoms with van der Waals surface area (Å²) < 4.78 is 33.5. The average Bonchev–Trinajstić information content (AvgIpc) is 3.39. The quantitative estimate of drug-likeness (QED) is 0.770. The van der Waals surface area contributed by atoms with Gasteiger partial charge in [-0.2, -0.15) is 5.10 Å². The van der Waals surface area contributed by atoms with E-state index >= 15 is 0 Å². The summed E-state index contributed by atoms with van der Waals surface area (Å²) in [6.07, 6.45) is 2.41. The van der Waals surface area contributed by atoms with Gasteiger partial charge in [0.05, 0.1) is 24.2 Å². The molecule has 0 radical (unpaired) electrons. The minimum Gasteiger partial charge on any atom is -0.372 e. The lowest BCUT2D eigenvalue weighted by Crippen LogP contribution is -2.33. The van der Waals surface area contributed by atoms with Gasteiger partial charge in [-0.3, -0.25) is 19.3 Å². The number of nitrogens with one attached hydrogen (secondary N) is 1. The lowest BCUT2D eigenvalue weighted by molar-refractivity contribution is -0.124. The van der Waals surface area contributed by atoms with Crippen molar-refractivity contribution in [1.82, 2.24) is 25.0 Å². The standard InChI is InChI=1S/C20H23F2N5O3/c1-26-10-15(18(25-26)19(21)22)20(29)27-9-13-5-14(30-16(13)11-27)6-17(28)24-8-12-3-2-4-23-7-12/h2-4,7,10,13-14,16,19H,5-6,8-9,11H2,1H3,(H,24,28)/t13-,14-,16+/m0/s1. The first kappa shape index (κ1) is 20.4. The summed E-state index contributed by atoms with van der Waals surface area (Å²) in [5.41, 5.74) is 0.352. The molecule has 2 aliphatic rings. The van der Waals surface area contributed by atoms with E-state index in [1.54, 1.807) is 12.4 Å². The van der Waals surface area contributed by atoms with Crippen molar-refractivity contribution in [3.8, 4) is 0 Å². The molecule has 8 nitrogen and oxygen atoms in total. The number of hydrogen-bond donors (Lipinski definition) is 1. The molecule has 1 N–H and O–H groups in total. The minimum atomic E-state index is -2.81. The van der Waals surface area contributed by atoms with Gasteiger partial charge >= 0.3 is 0 Å². The molecule has 3 atom stereocenters. The molecule has 0 unspecified atom stereocenters. The number of aromatic nitrogens is 3. The van der Waals surface area contributed by atoms with Crippen LogP contribution in [0.2, 0.25) is 0 Å². The molecule has 30 heavy (non-hydrogen) atoms. The Morgan fingerprint density at radius 1 is 1.37 bits per heavy atom.